The molecule has 2 heterocycles. The van der Waals surface area contributed by atoms with Gasteiger partial charge in [0.05, 0.1) is 43.5 Å². The molecule has 0 fully saturated rings. The topological polar surface area (TPSA) is 92.3 Å². The van der Waals surface area contributed by atoms with E-state index >= 15 is 0 Å². The van der Waals surface area contributed by atoms with Crippen LogP contribution in [0.4, 0.5) is 11.5 Å². The van der Waals surface area contributed by atoms with Gasteiger partial charge in [0, 0.05) is 18.0 Å². The van der Waals surface area contributed by atoms with Crippen LogP contribution < -0.4 is 15.4 Å². The number of hydrogen-bond donors (Lipinski definition) is 2. The number of benzene rings is 1. The van der Waals surface area contributed by atoms with E-state index in [1.165, 1.54) is 0 Å². The minimum absolute atomic E-state index is 0. The van der Waals surface area contributed by atoms with E-state index in [2.05, 4.69) is 33.6 Å². The number of nitrogens with zero attached hydrogens (tertiary/aromatic N) is 4. The molecule has 0 aliphatic carbocycles. The van der Waals surface area contributed by atoms with Gasteiger partial charge in [0.25, 0.3) is 0 Å². The summed E-state index contributed by atoms with van der Waals surface area (Å²) in [5, 5.41) is 6.37. The van der Waals surface area contributed by atoms with Crippen molar-refractivity contribution in [2.75, 3.05) is 38.4 Å². The van der Waals surface area contributed by atoms with Gasteiger partial charge in [0.15, 0.2) is 0 Å². The highest BCUT2D eigenvalue weighted by Crippen LogP contribution is 2.31. The Labute approximate surface area is 196 Å². The molecule has 1 amide bonds. The quantitative estimate of drug-likeness (QED) is 0.465. The SMILES string of the molecule is C.CCC[C@H](Nc1cncc(-c2ccc(NC(=O)CN(C)C)c(OC)c2)n1)c1cccnc1. The Kier molecular flexibility index (Phi) is 9.75. The van der Waals surface area contributed by atoms with Crippen LogP contribution in [-0.2, 0) is 4.79 Å². The molecule has 2 aromatic heterocycles. The van der Waals surface area contributed by atoms with E-state index in [4.69, 9.17) is 9.72 Å². The number of pyridine rings is 1. The molecule has 0 saturated carbocycles. The van der Waals surface area contributed by atoms with Gasteiger partial charge in [-0.15, -0.1) is 0 Å². The van der Waals surface area contributed by atoms with E-state index in [1.807, 2.05) is 49.5 Å². The summed E-state index contributed by atoms with van der Waals surface area (Å²) in [5.41, 5.74) is 3.28. The Bertz CT molecular complexity index is 1030. The number of amides is 1. The van der Waals surface area contributed by atoms with E-state index < -0.39 is 0 Å². The summed E-state index contributed by atoms with van der Waals surface area (Å²) in [6, 6.07) is 9.66. The second kappa shape index (κ2) is 12.5. The number of rotatable bonds is 10. The van der Waals surface area contributed by atoms with Crippen LogP contribution in [0, 0.1) is 0 Å². The van der Waals surface area contributed by atoms with Gasteiger partial charge in [0.2, 0.25) is 5.91 Å². The van der Waals surface area contributed by atoms with Crippen LogP contribution in [0.25, 0.3) is 11.3 Å². The summed E-state index contributed by atoms with van der Waals surface area (Å²) in [6.07, 6.45) is 9.05. The Morgan fingerprint density at radius 2 is 1.97 bits per heavy atom. The van der Waals surface area contributed by atoms with Crippen LogP contribution in [-0.4, -0.2) is 53.5 Å². The lowest BCUT2D eigenvalue weighted by molar-refractivity contribution is -0.116. The minimum Gasteiger partial charge on any atom is -0.495 e. The molecular formula is C25H34N6O2. The number of aromatic nitrogens is 3. The first-order valence-corrected chi connectivity index (χ1v) is 10.6. The molecular weight excluding hydrogens is 416 g/mol. The van der Waals surface area contributed by atoms with E-state index in [0.29, 0.717) is 29.5 Å². The molecule has 1 atom stereocenters. The fourth-order valence-electron chi connectivity index (χ4n) is 3.38. The zero-order valence-electron chi connectivity index (χ0n) is 19.0. The number of likely N-dealkylation sites (N-methyl/N-ethyl adjacent to an activating group) is 1. The predicted molar refractivity (Wildman–Crippen MR) is 133 cm³/mol. The third kappa shape index (κ3) is 7.25. The van der Waals surface area contributed by atoms with Crippen molar-refractivity contribution in [1.29, 1.82) is 0 Å². The van der Waals surface area contributed by atoms with Gasteiger partial charge in [-0.25, -0.2) is 4.98 Å². The van der Waals surface area contributed by atoms with Crippen molar-refractivity contribution in [2.24, 2.45) is 0 Å². The second-order valence-electron chi connectivity index (χ2n) is 7.76. The minimum atomic E-state index is -0.107. The van der Waals surface area contributed by atoms with Gasteiger partial charge in [0.1, 0.15) is 11.6 Å². The van der Waals surface area contributed by atoms with Gasteiger partial charge in [-0.3, -0.25) is 14.8 Å². The molecule has 0 radical (unpaired) electrons. The Morgan fingerprint density at radius 1 is 1.15 bits per heavy atom. The Morgan fingerprint density at radius 3 is 2.64 bits per heavy atom. The largest absolute Gasteiger partial charge is 0.495 e. The standard InChI is InChI=1S/C24H30N6O2.CH4/c1-5-7-19(18-8-6-11-25-13-18)27-23-15-26-14-21(28-23)17-9-10-20(22(12-17)32-4)29-24(31)16-30(2)3;/h6,8-15,19H,5,7,16H2,1-4H3,(H,27,28)(H,29,31);1H4/t19-;/m0./s1. The monoisotopic (exact) mass is 450 g/mol. The third-order valence-electron chi connectivity index (χ3n) is 4.85. The van der Waals surface area contributed by atoms with Crippen molar-refractivity contribution in [3.05, 3.63) is 60.7 Å². The average molecular weight is 451 g/mol. The van der Waals surface area contributed by atoms with Crippen LogP contribution >= 0.6 is 0 Å². The fourth-order valence-corrected chi connectivity index (χ4v) is 3.38. The molecule has 176 valence electrons. The highest BCUT2D eigenvalue weighted by atomic mass is 16.5. The summed E-state index contributed by atoms with van der Waals surface area (Å²) < 4.78 is 5.50. The normalized spacial score (nSPS) is 11.4. The molecule has 0 saturated heterocycles. The number of anilines is 2. The molecule has 33 heavy (non-hydrogen) atoms. The molecule has 1 aromatic carbocycles. The smallest absolute Gasteiger partial charge is 0.238 e. The molecule has 2 N–H and O–H groups in total. The molecule has 0 aliphatic heterocycles. The van der Waals surface area contributed by atoms with E-state index in [-0.39, 0.29) is 19.4 Å². The van der Waals surface area contributed by atoms with Crippen LogP contribution in [0.3, 0.4) is 0 Å². The Balaban J connectivity index is 0.00000385. The molecule has 0 spiro atoms. The van der Waals surface area contributed by atoms with E-state index in [1.54, 1.807) is 25.7 Å². The first-order valence-electron chi connectivity index (χ1n) is 10.6. The summed E-state index contributed by atoms with van der Waals surface area (Å²) in [5.74, 6) is 1.14. The lowest BCUT2D eigenvalue weighted by atomic mass is 10.0. The van der Waals surface area contributed by atoms with E-state index in [0.717, 1.165) is 24.0 Å². The number of methoxy groups -OCH3 is 1. The number of carbonyl (C=O) groups excluding carboxylic acids is 1. The molecule has 0 unspecified atom stereocenters. The summed E-state index contributed by atoms with van der Waals surface area (Å²) >= 11 is 0. The number of hydrogen-bond acceptors (Lipinski definition) is 7. The predicted octanol–water partition coefficient (Wildman–Crippen LogP) is 4.64. The maximum Gasteiger partial charge on any atom is 0.238 e. The Hall–Kier alpha value is -3.52. The summed E-state index contributed by atoms with van der Waals surface area (Å²) in [4.78, 5) is 27.3. The molecule has 8 nitrogen and oxygen atoms in total. The lowest BCUT2D eigenvalue weighted by Gasteiger charge is -2.19. The van der Waals surface area contributed by atoms with Crippen molar-refractivity contribution in [2.45, 2.75) is 33.2 Å². The van der Waals surface area contributed by atoms with Crippen molar-refractivity contribution in [1.82, 2.24) is 19.9 Å². The van der Waals surface area contributed by atoms with Crippen molar-refractivity contribution in [3.8, 4) is 17.0 Å². The summed E-state index contributed by atoms with van der Waals surface area (Å²) in [7, 11) is 5.27. The average Bonchev–Trinajstić information content (AvgIpc) is 2.79. The molecule has 0 bridgehead atoms. The molecule has 8 heteroatoms. The zero-order valence-corrected chi connectivity index (χ0v) is 19.0. The first-order chi connectivity index (χ1) is 15.5. The van der Waals surface area contributed by atoms with Crippen molar-refractivity contribution in [3.63, 3.8) is 0 Å². The highest BCUT2D eigenvalue weighted by molar-refractivity contribution is 5.94. The molecule has 3 aromatic rings. The van der Waals surface area contributed by atoms with Gasteiger partial charge in [-0.05, 0) is 44.3 Å². The zero-order chi connectivity index (χ0) is 22.9. The van der Waals surface area contributed by atoms with Crippen molar-refractivity contribution < 1.29 is 9.53 Å². The van der Waals surface area contributed by atoms with Crippen LogP contribution in [0.5, 0.6) is 5.75 Å². The lowest BCUT2D eigenvalue weighted by Crippen LogP contribution is -2.27. The molecule has 3 rings (SSSR count). The van der Waals surface area contributed by atoms with E-state index in [9.17, 15) is 4.79 Å². The maximum absolute atomic E-state index is 12.1. The second-order valence-corrected chi connectivity index (χ2v) is 7.76. The van der Waals surface area contributed by atoms with Gasteiger partial charge in [-0.2, -0.15) is 0 Å². The fraction of sp³-hybridized carbons (Fsp3) is 0.360. The number of ether oxygens (including phenoxy) is 1. The van der Waals surface area contributed by atoms with Gasteiger partial charge in [-0.1, -0.05) is 32.9 Å². The van der Waals surface area contributed by atoms with Crippen LogP contribution in [0.15, 0.2) is 55.1 Å². The molecule has 0 aliphatic rings. The van der Waals surface area contributed by atoms with Crippen molar-refractivity contribution >= 4 is 17.4 Å². The summed E-state index contributed by atoms with van der Waals surface area (Å²) in [6.45, 7) is 2.44. The van der Waals surface area contributed by atoms with Crippen LogP contribution in [0.2, 0.25) is 0 Å². The maximum atomic E-state index is 12.1. The third-order valence-corrected chi connectivity index (χ3v) is 4.85. The van der Waals surface area contributed by atoms with Crippen LogP contribution in [0.1, 0.15) is 38.8 Å². The first kappa shape index (κ1) is 25.7. The number of nitrogens with one attached hydrogen (secondary N) is 2. The highest BCUT2D eigenvalue weighted by Gasteiger charge is 2.14. The van der Waals surface area contributed by atoms with Gasteiger partial charge < -0.3 is 20.3 Å². The number of carbonyl (C=O) groups is 1. The van der Waals surface area contributed by atoms with Gasteiger partial charge >= 0.3 is 0 Å².